The molecular formula is C60H37NO2. The summed E-state index contributed by atoms with van der Waals surface area (Å²) in [5.41, 5.74) is 9.32. The number of furan rings is 1. The molecule has 0 saturated heterocycles. The molecule has 0 atom stereocenters. The molecule has 12 aromatic rings. The van der Waals surface area contributed by atoms with Crippen molar-refractivity contribution in [1.82, 2.24) is 0 Å². The average molecular weight is 804 g/mol. The van der Waals surface area contributed by atoms with Crippen LogP contribution in [0.15, 0.2) is 229 Å². The van der Waals surface area contributed by atoms with Crippen molar-refractivity contribution >= 4 is 92.9 Å². The summed E-state index contributed by atoms with van der Waals surface area (Å²) in [6.45, 7) is 0. The molecule has 3 nitrogen and oxygen atoms in total. The standard InChI is InChI=1S/C60H37NO2/c1-2-16-38(17-3-1)61(40-31-35-58-55(37-40)47-24-9-7-21-44(47)49-25-12-14-28-56(49)62-58)39-30-32-48-52-33-34-53-50-26-13-15-29-57(50)63-60(53)59(52)51-27-11-10-22-45(51)42-19-5-4-18-41(42)43-20-6-8-23-46(43)54(48)36-39/h1-37H. The lowest BCUT2D eigenvalue weighted by atomic mass is 9.93. The zero-order valence-corrected chi connectivity index (χ0v) is 34.1. The molecule has 0 amide bonds. The molecule has 3 heteroatoms. The van der Waals surface area contributed by atoms with Gasteiger partial charge in [-0.05, 0) is 120 Å². The Kier molecular flexibility index (Phi) is 7.91. The molecule has 11 aromatic carbocycles. The van der Waals surface area contributed by atoms with Gasteiger partial charge in [-0.2, -0.15) is 0 Å². The summed E-state index contributed by atoms with van der Waals surface area (Å²) >= 11 is 0. The monoisotopic (exact) mass is 803 g/mol. The van der Waals surface area contributed by atoms with Crippen molar-refractivity contribution in [3.8, 4) is 33.8 Å². The van der Waals surface area contributed by atoms with Crippen LogP contribution in [0, 0.1) is 0 Å². The molecule has 0 aliphatic carbocycles. The second kappa shape index (κ2) is 14.1. The summed E-state index contributed by atoms with van der Waals surface area (Å²) in [4.78, 5) is 2.37. The highest BCUT2D eigenvalue weighted by atomic mass is 16.5. The van der Waals surface area contributed by atoms with Crippen molar-refractivity contribution in [3.63, 3.8) is 0 Å². The zero-order chi connectivity index (χ0) is 41.4. The third kappa shape index (κ3) is 5.53. The van der Waals surface area contributed by atoms with E-state index in [-0.39, 0.29) is 0 Å². The molecule has 0 fully saturated rings. The van der Waals surface area contributed by atoms with E-state index in [1.165, 1.54) is 21.5 Å². The van der Waals surface area contributed by atoms with Gasteiger partial charge in [-0.3, -0.25) is 0 Å². The van der Waals surface area contributed by atoms with Crippen LogP contribution in [0.2, 0.25) is 0 Å². The van der Waals surface area contributed by atoms with Gasteiger partial charge in [0, 0.05) is 44.3 Å². The maximum absolute atomic E-state index is 6.91. The van der Waals surface area contributed by atoms with Gasteiger partial charge >= 0.3 is 0 Å². The van der Waals surface area contributed by atoms with Gasteiger partial charge in [0.1, 0.15) is 22.7 Å². The molecule has 0 N–H and O–H groups in total. The highest BCUT2D eigenvalue weighted by Gasteiger charge is 2.23. The fourth-order valence-corrected chi connectivity index (χ4v) is 10.1. The topological polar surface area (TPSA) is 25.6 Å². The zero-order valence-electron chi connectivity index (χ0n) is 34.1. The van der Waals surface area contributed by atoms with E-state index in [0.29, 0.717) is 0 Å². The Bertz CT molecular complexity index is 3900. The molecule has 0 spiro atoms. The number of hydrogen-bond donors (Lipinski definition) is 0. The van der Waals surface area contributed by atoms with Crippen LogP contribution in [-0.2, 0) is 0 Å². The lowest BCUT2D eigenvalue weighted by Gasteiger charge is -2.27. The first-order chi connectivity index (χ1) is 31.3. The van der Waals surface area contributed by atoms with Crippen molar-refractivity contribution in [3.05, 3.63) is 224 Å². The van der Waals surface area contributed by atoms with Crippen LogP contribution < -0.4 is 9.64 Å². The Morgan fingerprint density at radius 3 is 1.46 bits per heavy atom. The molecule has 0 saturated carbocycles. The van der Waals surface area contributed by atoms with E-state index in [1.54, 1.807) is 0 Å². The van der Waals surface area contributed by atoms with Gasteiger partial charge in [-0.25, -0.2) is 0 Å². The van der Waals surface area contributed by atoms with Crippen LogP contribution in [0.3, 0.4) is 0 Å². The predicted octanol–water partition coefficient (Wildman–Crippen LogP) is 17.4. The Hall–Kier alpha value is -8.40. The first-order valence-corrected chi connectivity index (χ1v) is 21.5. The second-order valence-electron chi connectivity index (χ2n) is 16.3. The normalized spacial score (nSPS) is 11.9. The van der Waals surface area contributed by atoms with E-state index in [1.807, 2.05) is 6.07 Å². The molecule has 0 radical (unpaired) electrons. The van der Waals surface area contributed by atoms with Crippen LogP contribution in [-0.4, -0.2) is 0 Å². The first kappa shape index (κ1) is 35.4. The van der Waals surface area contributed by atoms with Crippen molar-refractivity contribution in [2.24, 2.45) is 0 Å². The maximum Gasteiger partial charge on any atom is 0.143 e. The Labute approximate surface area is 363 Å². The summed E-state index contributed by atoms with van der Waals surface area (Å²) in [5.74, 6) is 1.68. The van der Waals surface area contributed by atoms with Crippen LogP contribution in [0.1, 0.15) is 0 Å². The summed E-state index contributed by atoms with van der Waals surface area (Å²) in [6, 6.07) is 80.6. The molecule has 2 heterocycles. The molecule has 0 unspecified atom stereocenters. The Balaban J connectivity index is 1.16. The summed E-state index contributed by atoms with van der Waals surface area (Å²) in [7, 11) is 0. The molecule has 63 heavy (non-hydrogen) atoms. The van der Waals surface area contributed by atoms with Gasteiger partial charge < -0.3 is 14.1 Å². The quantitative estimate of drug-likeness (QED) is 0.178. The fraction of sp³-hybridized carbons (Fsp3) is 0. The highest BCUT2D eigenvalue weighted by molar-refractivity contribution is 6.31. The number of anilines is 3. The average Bonchev–Trinajstić information content (AvgIpc) is 3.67. The van der Waals surface area contributed by atoms with E-state index in [2.05, 4.69) is 223 Å². The van der Waals surface area contributed by atoms with Crippen molar-refractivity contribution in [2.45, 2.75) is 0 Å². The van der Waals surface area contributed by atoms with Crippen LogP contribution in [0.5, 0.6) is 11.5 Å². The molecule has 1 aromatic heterocycles. The van der Waals surface area contributed by atoms with Crippen molar-refractivity contribution in [2.75, 3.05) is 4.90 Å². The molecule has 1 aliphatic heterocycles. The smallest absolute Gasteiger partial charge is 0.143 e. The number of benzene rings is 10. The highest BCUT2D eigenvalue weighted by Crippen LogP contribution is 2.49. The lowest BCUT2D eigenvalue weighted by Crippen LogP contribution is -2.10. The minimum Gasteiger partial charge on any atom is -0.456 e. The predicted molar refractivity (Wildman–Crippen MR) is 265 cm³/mol. The van der Waals surface area contributed by atoms with E-state index >= 15 is 0 Å². The van der Waals surface area contributed by atoms with Crippen LogP contribution in [0.25, 0.3) is 98.1 Å². The second-order valence-corrected chi connectivity index (χ2v) is 16.3. The largest absolute Gasteiger partial charge is 0.456 e. The number of fused-ring (bicyclic) bond motifs is 19. The Morgan fingerprint density at radius 2 is 0.730 bits per heavy atom. The summed E-state index contributed by atoms with van der Waals surface area (Å²) in [6.07, 6.45) is 0. The number of ether oxygens (including phenoxy) is 1. The molecule has 294 valence electrons. The molecule has 1 aliphatic rings. The summed E-state index contributed by atoms with van der Waals surface area (Å²) in [5, 5.41) is 13.7. The number of hydrogen-bond acceptors (Lipinski definition) is 3. The number of nitrogens with zero attached hydrogens (tertiary/aromatic N) is 1. The number of rotatable bonds is 3. The minimum atomic E-state index is 0.830. The molecular weight excluding hydrogens is 767 g/mol. The van der Waals surface area contributed by atoms with Gasteiger partial charge in [-0.1, -0.05) is 164 Å². The third-order valence-electron chi connectivity index (χ3n) is 12.9. The molecule has 0 bridgehead atoms. The van der Waals surface area contributed by atoms with Gasteiger partial charge in [-0.15, -0.1) is 0 Å². The summed E-state index contributed by atoms with van der Waals surface area (Å²) < 4.78 is 13.6. The van der Waals surface area contributed by atoms with Crippen LogP contribution in [0.4, 0.5) is 17.1 Å². The third-order valence-corrected chi connectivity index (χ3v) is 12.9. The van der Waals surface area contributed by atoms with Gasteiger partial charge in [0.2, 0.25) is 0 Å². The van der Waals surface area contributed by atoms with Gasteiger partial charge in [0.05, 0.1) is 0 Å². The van der Waals surface area contributed by atoms with Crippen LogP contribution >= 0.6 is 0 Å². The van der Waals surface area contributed by atoms with Gasteiger partial charge in [0.25, 0.3) is 0 Å². The minimum absolute atomic E-state index is 0.830. The van der Waals surface area contributed by atoms with Gasteiger partial charge in [0.15, 0.2) is 0 Å². The Morgan fingerprint density at radius 1 is 0.270 bits per heavy atom. The van der Waals surface area contributed by atoms with Crippen molar-refractivity contribution < 1.29 is 9.15 Å². The van der Waals surface area contributed by atoms with E-state index in [9.17, 15) is 0 Å². The fourth-order valence-electron chi connectivity index (χ4n) is 10.1. The maximum atomic E-state index is 6.91. The molecule has 13 rings (SSSR count). The SMILES string of the molecule is c1ccc(N(c2ccc3c(c2)-c2ccccc2-c2ccccc2O3)c2ccc3c(c2)c2ccccc2c2ccccc2c2ccccc2c2c3ccc3c4ccccc4oc32)cc1. The number of para-hydroxylation sites is 3. The van der Waals surface area contributed by atoms with E-state index in [0.717, 1.165) is 105 Å². The van der Waals surface area contributed by atoms with E-state index in [4.69, 9.17) is 9.15 Å². The first-order valence-electron chi connectivity index (χ1n) is 21.5. The lowest BCUT2D eigenvalue weighted by molar-refractivity contribution is 0.488. The van der Waals surface area contributed by atoms with E-state index < -0.39 is 0 Å². The van der Waals surface area contributed by atoms with Crippen molar-refractivity contribution in [1.29, 1.82) is 0 Å².